The van der Waals surface area contributed by atoms with Crippen LogP contribution in [0.5, 0.6) is 11.5 Å². The number of rotatable bonds is 3. The van der Waals surface area contributed by atoms with Gasteiger partial charge in [0.1, 0.15) is 11.5 Å². The van der Waals surface area contributed by atoms with E-state index in [1.807, 2.05) is 43.3 Å². The molecular formula is C23H22ClNO2. The Labute approximate surface area is 164 Å². The first kappa shape index (κ1) is 17.9. The first-order chi connectivity index (χ1) is 13.0. The smallest absolute Gasteiger partial charge is 0.193 e. The fraction of sp³-hybridized carbons (Fsp3) is 0.261. The molecule has 2 aromatic carbocycles. The Morgan fingerprint density at radius 2 is 1.52 bits per heavy atom. The molecule has 27 heavy (non-hydrogen) atoms. The largest absolute Gasteiger partial charge is 0.457 e. The lowest BCUT2D eigenvalue weighted by atomic mass is 9.91. The third kappa shape index (κ3) is 3.40. The molecule has 0 saturated heterocycles. The Kier molecular flexibility index (Phi) is 4.79. The van der Waals surface area contributed by atoms with E-state index in [9.17, 15) is 4.79 Å². The van der Waals surface area contributed by atoms with Crippen LogP contribution in [0.25, 0.3) is 11.1 Å². The molecule has 3 nitrogen and oxygen atoms in total. The summed E-state index contributed by atoms with van der Waals surface area (Å²) >= 11 is 5.91. The van der Waals surface area contributed by atoms with E-state index in [0.29, 0.717) is 5.02 Å². The molecular weight excluding hydrogens is 358 g/mol. The molecule has 0 unspecified atom stereocenters. The minimum atomic E-state index is 0.187. The molecule has 1 heterocycles. The summed E-state index contributed by atoms with van der Waals surface area (Å²) < 4.78 is 8.05. The van der Waals surface area contributed by atoms with Crippen molar-refractivity contribution in [3.63, 3.8) is 0 Å². The van der Waals surface area contributed by atoms with E-state index in [2.05, 4.69) is 11.6 Å². The van der Waals surface area contributed by atoms with Crippen molar-refractivity contribution in [2.45, 2.75) is 32.6 Å². The lowest BCUT2D eigenvalue weighted by molar-refractivity contribution is 0.483. The molecule has 3 aromatic rings. The molecule has 4 heteroatoms. The van der Waals surface area contributed by atoms with Gasteiger partial charge in [-0.15, -0.1) is 0 Å². The van der Waals surface area contributed by atoms with E-state index in [1.165, 1.54) is 5.69 Å². The minimum absolute atomic E-state index is 0.187. The summed E-state index contributed by atoms with van der Waals surface area (Å²) in [6.45, 7) is 2.03. The summed E-state index contributed by atoms with van der Waals surface area (Å²) in [6, 6.07) is 15.0. The highest BCUT2D eigenvalue weighted by molar-refractivity contribution is 6.30. The summed E-state index contributed by atoms with van der Waals surface area (Å²) in [5.74, 6) is 1.46. The standard InChI is InChI=1S/C23H22ClNO2/c1-15-22(23(26)20-5-3-4-6-21(20)25(15)2)16-7-11-18(12-8-16)27-19-13-9-17(24)10-14-19/h7-14H,3-6H2,1-2H3. The van der Waals surface area contributed by atoms with Crippen LogP contribution in [0.15, 0.2) is 53.3 Å². The number of nitrogens with zero attached hydrogens (tertiary/aromatic N) is 1. The zero-order valence-corrected chi connectivity index (χ0v) is 16.3. The number of ether oxygens (including phenoxy) is 1. The number of hydrogen-bond acceptors (Lipinski definition) is 2. The Balaban J connectivity index is 1.69. The van der Waals surface area contributed by atoms with Gasteiger partial charge in [-0.25, -0.2) is 0 Å². The highest BCUT2D eigenvalue weighted by Gasteiger charge is 2.21. The molecule has 4 rings (SSSR count). The predicted molar refractivity (Wildman–Crippen MR) is 110 cm³/mol. The molecule has 138 valence electrons. The highest BCUT2D eigenvalue weighted by atomic mass is 35.5. The molecule has 0 spiro atoms. The van der Waals surface area contributed by atoms with Gasteiger partial charge in [0, 0.05) is 34.6 Å². The Bertz CT molecular complexity index is 1030. The monoisotopic (exact) mass is 379 g/mol. The van der Waals surface area contributed by atoms with Crippen molar-refractivity contribution < 1.29 is 4.74 Å². The molecule has 0 radical (unpaired) electrons. The first-order valence-corrected chi connectivity index (χ1v) is 9.67. The zero-order chi connectivity index (χ0) is 19.0. The number of aromatic nitrogens is 1. The first-order valence-electron chi connectivity index (χ1n) is 9.30. The van der Waals surface area contributed by atoms with Crippen molar-refractivity contribution in [1.82, 2.24) is 4.57 Å². The van der Waals surface area contributed by atoms with Gasteiger partial charge < -0.3 is 9.30 Å². The van der Waals surface area contributed by atoms with E-state index in [1.54, 1.807) is 12.1 Å². The fourth-order valence-corrected chi connectivity index (χ4v) is 3.98. The zero-order valence-electron chi connectivity index (χ0n) is 15.6. The molecule has 0 aliphatic heterocycles. The summed E-state index contributed by atoms with van der Waals surface area (Å²) in [5, 5.41) is 0.677. The fourth-order valence-electron chi connectivity index (χ4n) is 3.86. The topological polar surface area (TPSA) is 31.2 Å². The number of pyridine rings is 1. The third-order valence-corrected chi connectivity index (χ3v) is 5.65. The van der Waals surface area contributed by atoms with E-state index < -0.39 is 0 Å². The van der Waals surface area contributed by atoms with Crippen molar-refractivity contribution in [2.24, 2.45) is 7.05 Å². The van der Waals surface area contributed by atoms with Gasteiger partial charge in [0.2, 0.25) is 0 Å². The van der Waals surface area contributed by atoms with Gasteiger partial charge in [-0.1, -0.05) is 23.7 Å². The molecule has 1 aromatic heterocycles. The maximum absolute atomic E-state index is 13.1. The van der Waals surface area contributed by atoms with E-state index in [0.717, 1.165) is 59.6 Å². The lowest BCUT2D eigenvalue weighted by Gasteiger charge is -2.23. The maximum atomic E-state index is 13.1. The van der Waals surface area contributed by atoms with E-state index >= 15 is 0 Å². The van der Waals surface area contributed by atoms with Crippen LogP contribution < -0.4 is 10.2 Å². The summed E-state index contributed by atoms with van der Waals surface area (Å²) in [7, 11) is 2.07. The van der Waals surface area contributed by atoms with Gasteiger partial charge in [-0.2, -0.15) is 0 Å². The van der Waals surface area contributed by atoms with Crippen LogP contribution >= 0.6 is 11.6 Å². The third-order valence-electron chi connectivity index (χ3n) is 5.40. The van der Waals surface area contributed by atoms with Crippen molar-refractivity contribution in [3.05, 3.63) is 80.7 Å². The van der Waals surface area contributed by atoms with Gasteiger partial charge in [0.25, 0.3) is 0 Å². The molecule has 0 atom stereocenters. The van der Waals surface area contributed by atoms with Gasteiger partial charge in [0.05, 0.1) is 0 Å². The summed E-state index contributed by atoms with van der Waals surface area (Å²) in [6.07, 6.45) is 4.14. The second kappa shape index (κ2) is 7.24. The predicted octanol–water partition coefficient (Wildman–Crippen LogP) is 5.69. The van der Waals surface area contributed by atoms with Gasteiger partial charge in [-0.3, -0.25) is 4.79 Å². The average Bonchev–Trinajstić information content (AvgIpc) is 2.69. The lowest BCUT2D eigenvalue weighted by Crippen LogP contribution is -2.25. The average molecular weight is 380 g/mol. The van der Waals surface area contributed by atoms with Crippen LogP contribution in [0.1, 0.15) is 29.8 Å². The quantitative estimate of drug-likeness (QED) is 0.585. The SMILES string of the molecule is Cc1c(-c2ccc(Oc3ccc(Cl)cc3)cc2)c(=O)c2c(n1C)CCCC2. The number of hydrogen-bond donors (Lipinski definition) is 0. The summed E-state index contributed by atoms with van der Waals surface area (Å²) in [5.41, 5.74) is 5.14. The molecule has 0 bridgehead atoms. The van der Waals surface area contributed by atoms with Crippen molar-refractivity contribution in [3.8, 4) is 22.6 Å². The van der Waals surface area contributed by atoms with E-state index in [4.69, 9.17) is 16.3 Å². The number of fused-ring (bicyclic) bond motifs is 1. The Hall–Kier alpha value is -2.52. The minimum Gasteiger partial charge on any atom is -0.457 e. The second-order valence-electron chi connectivity index (χ2n) is 7.06. The highest BCUT2D eigenvalue weighted by Crippen LogP contribution is 2.29. The Morgan fingerprint density at radius 3 is 2.19 bits per heavy atom. The van der Waals surface area contributed by atoms with Crippen molar-refractivity contribution in [1.29, 1.82) is 0 Å². The molecule has 0 amide bonds. The maximum Gasteiger partial charge on any atom is 0.193 e. The molecule has 0 saturated carbocycles. The number of benzene rings is 2. The molecule has 0 N–H and O–H groups in total. The van der Waals surface area contributed by atoms with Crippen molar-refractivity contribution in [2.75, 3.05) is 0 Å². The van der Waals surface area contributed by atoms with Gasteiger partial charge >= 0.3 is 0 Å². The Morgan fingerprint density at radius 1 is 0.926 bits per heavy atom. The van der Waals surface area contributed by atoms with Crippen LogP contribution in [0, 0.1) is 6.92 Å². The molecule has 0 fully saturated rings. The van der Waals surface area contributed by atoms with Crippen LogP contribution in [0.3, 0.4) is 0 Å². The van der Waals surface area contributed by atoms with Gasteiger partial charge in [0.15, 0.2) is 5.43 Å². The summed E-state index contributed by atoms with van der Waals surface area (Å²) in [4.78, 5) is 13.1. The number of halogens is 1. The van der Waals surface area contributed by atoms with E-state index in [-0.39, 0.29) is 5.43 Å². The van der Waals surface area contributed by atoms with Crippen LogP contribution in [-0.4, -0.2) is 4.57 Å². The van der Waals surface area contributed by atoms with Crippen LogP contribution in [0.2, 0.25) is 5.02 Å². The molecule has 1 aliphatic carbocycles. The normalized spacial score (nSPS) is 13.3. The van der Waals surface area contributed by atoms with Crippen LogP contribution in [-0.2, 0) is 19.9 Å². The second-order valence-corrected chi connectivity index (χ2v) is 7.50. The van der Waals surface area contributed by atoms with Gasteiger partial charge in [-0.05, 0) is 74.6 Å². The molecule has 1 aliphatic rings. The van der Waals surface area contributed by atoms with Crippen LogP contribution in [0.4, 0.5) is 0 Å². The van der Waals surface area contributed by atoms with Crippen molar-refractivity contribution >= 4 is 11.6 Å².